The molecule has 3 aliphatic carbocycles. The molecule has 0 saturated heterocycles. The minimum absolute atomic E-state index is 0.356. The summed E-state index contributed by atoms with van der Waals surface area (Å²) >= 11 is 0. The molecule has 0 spiro atoms. The number of rotatable bonds is 0. The van der Waals surface area contributed by atoms with Crippen molar-refractivity contribution in [3.63, 3.8) is 0 Å². The number of carbonyl (C=O) groups excluding carboxylic acids is 1. The summed E-state index contributed by atoms with van der Waals surface area (Å²) in [5, 5.41) is 0. The Hall–Kier alpha value is -0.330. The summed E-state index contributed by atoms with van der Waals surface area (Å²) in [4.78, 5) is 11.7. The van der Waals surface area contributed by atoms with E-state index in [1.54, 1.807) is 0 Å². The van der Waals surface area contributed by atoms with Gasteiger partial charge >= 0.3 is 0 Å². The average Bonchev–Trinajstić information content (AvgIpc) is 2.05. The number of hydrogen-bond acceptors (Lipinski definition) is 1. The smallest absolute Gasteiger partial charge is 0.139 e. The normalized spacial score (nSPS) is 52.9. The predicted molar refractivity (Wildman–Crippen MR) is 48.7 cm³/mol. The highest BCUT2D eigenvalue weighted by Gasteiger charge is 2.47. The number of hydrogen-bond donors (Lipinski definition) is 0. The third kappa shape index (κ3) is 0.884. The van der Waals surface area contributed by atoms with Gasteiger partial charge in [-0.1, -0.05) is 20.8 Å². The third-order valence-electron chi connectivity index (χ3n) is 4.41. The molecule has 5 atom stereocenters. The van der Waals surface area contributed by atoms with Crippen molar-refractivity contribution in [2.24, 2.45) is 29.6 Å². The molecular formula is C11H18O. The second-order valence-electron chi connectivity index (χ2n) is 4.76. The van der Waals surface area contributed by atoms with Crippen LogP contribution in [0.3, 0.4) is 0 Å². The van der Waals surface area contributed by atoms with Crippen LogP contribution in [0.15, 0.2) is 0 Å². The Balaban J connectivity index is 2.28. The molecule has 0 aromatic rings. The lowest BCUT2D eigenvalue weighted by molar-refractivity contribution is -0.142. The maximum atomic E-state index is 11.7. The molecule has 2 bridgehead atoms. The summed E-state index contributed by atoms with van der Waals surface area (Å²) in [7, 11) is 0. The fraction of sp³-hybridized carbons (Fsp3) is 0.909. The summed E-state index contributed by atoms with van der Waals surface area (Å²) in [5.41, 5.74) is 0. The van der Waals surface area contributed by atoms with Crippen molar-refractivity contribution in [3.8, 4) is 0 Å². The van der Waals surface area contributed by atoms with Gasteiger partial charge in [-0.2, -0.15) is 0 Å². The van der Waals surface area contributed by atoms with Gasteiger partial charge in [0.05, 0.1) is 0 Å². The van der Waals surface area contributed by atoms with Crippen molar-refractivity contribution in [3.05, 3.63) is 0 Å². The van der Waals surface area contributed by atoms with Gasteiger partial charge < -0.3 is 0 Å². The first-order valence-electron chi connectivity index (χ1n) is 5.16. The SMILES string of the molecule is CC1C(=O)C2CCC1C(C)C2C. The van der Waals surface area contributed by atoms with Crippen molar-refractivity contribution in [1.29, 1.82) is 0 Å². The summed E-state index contributed by atoms with van der Waals surface area (Å²) in [6.45, 7) is 6.71. The van der Waals surface area contributed by atoms with Crippen LogP contribution in [-0.4, -0.2) is 5.78 Å². The van der Waals surface area contributed by atoms with Gasteiger partial charge in [-0.05, 0) is 30.6 Å². The molecule has 68 valence electrons. The Bertz CT molecular complexity index is 209. The van der Waals surface area contributed by atoms with Crippen molar-refractivity contribution < 1.29 is 4.79 Å². The van der Waals surface area contributed by atoms with Crippen LogP contribution < -0.4 is 0 Å². The minimum atomic E-state index is 0.356. The van der Waals surface area contributed by atoms with Crippen LogP contribution in [-0.2, 0) is 4.79 Å². The van der Waals surface area contributed by atoms with Gasteiger partial charge in [-0.3, -0.25) is 4.79 Å². The van der Waals surface area contributed by atoms with Crippen LogP contribution in [0.2, 0.25) is 0 Å². The van der Waals surface area contributed by atoms with E-state index in [9.17, 15) is 4.79 Å². The lowest BCUT2D eigenvalue weighted by Gasteiger charge is -2.48. The van der Waals surface area contributed by atoms with Crippen LogP contribution in [0.1, 0.15) is 33.6 Å². The monoisotopic (exact) mass is 166 g/mol. The molecule has 3 rings (SSSR count). The van der Waals surface area contributed by atoms with E-state index in [0.29, 0.717) is 29.5 Å². The Morgan fingerprint density at radius 2 is 1.75 bits per heavy atom. The molecule has 3 fully saturated rings. The standard InChI is InChI=1S/C11H18O/c1-6-7(2)10-5-4-9(6)8(3)11(10)12/h6-10H,4-5H2,1-3H3. The Kier molecular flexibility index (Phi) is 1.78. The van der Waals surface area contributed by atoms with Crippen molar-refractivity contribution in [2.45, 2.75) is 33.6 Å². The molecule has 0 amide bonds. The van der Waals surface area contributed by atoms with Crippen LogP contribution in [0.5, 0.6) is 0 Å². The first-order valence-corrected chi connectivity index (χ1v) is 5.16. The largest absolute Gasteiger partial charge is 0.299 e. The minimum Gasteiger partial charge on any atom is -0.299 e. The average molecular weight is 166 g/mol. The molecule has 5 unspecified atom stereocenters. The summed E-state index contributed by atoms with van der Waals surface area (Å²) in [5.74, 6) is 3.42. The van der Waals surface area contributed by atoms with Gasteiger partial charge in [0.25, 0.3) is 0 Å². The van der Waals surface area contributed by atoms with Crippen molar-refractivity contribution >= 4 is 5.78 Å². The van der Waals surface area contributed by atoms with Crippen LogP contribution in [0.25, 0.3) is 0 Å². The molecular weight excluding hydrogens is 148 g/mol. The Labute approximate surface area is 74.5 Å². The van der Waals surface area contributed by atoms with E-state index in [2.05, 4.69) is 20.8 Å². The maximum Gasteiger partial charge on any atom is 0.139 e. The quantitative estimate of drug-likeness (QED) is 0.540. The van der Waals surface area contributed by atoms with Crippen LogP contribution >= 0.6 is 0 Å². The first kappa shape index (κ1) is 8.28. The van der Waals surface area contributed by atoms with Gasteiger partial charge in [-0.15, -0.1) is 0 Å². The van der Waals surface area contributed by atoms with Gasteiger partial charge in [-0.25, -0.2) is 0 Å². The highest BCUT2D eigenvalue weighted by Crippen LogP contribution is 2.49. The van der Waals surface area contributed by atoms with E-state index in [4.69, 9.17) is 0 Å². The number of carbonyl (C=O) groups is 1. The van der Waals surface area contributed by atoms with E-state index < -0.39 is 0 Å². The zero-order chi connectivity index (χ0) is 8.88. The molecule has 0 aliphatic heterocycles. The number of fused-ring (bicyclic) bond motifs is 3. The molecule has 1 heteroatoms. The second kappa shape index (κ2) is 2.58. The molecule has 0 N–H and O–H groups in total. The zero-order valence-corrected chi connectivity index (χ0v) is 8.21. The summed E-state index contributed by atoms with van der Waals surface area (Å²) < 4.78 is 0. The topological polar surface area (TPSA) is 17.1 Å². The Morgan fingerprint density at radius 3 is 2.33 bits per heavy atom. The molecule has 12 heavy (non-hydrogen) atoms. The molecule has 0 radical (unpaired) electrons. The second-order valence-corrected chi connectivity index (χ2v) is 4.76. The van der Waals surface area contributed by atoms with Gasteiger partial charge in [0, 0.05) is 11.8 Å². The van der Waals surface area contributed by atoms with Crippen molar-refractivity contribution in [2.75, 3.05) is 0 Å². The predicted octanol–water partition coefficient (Wildman–Crippen LogP) is 2.50. The molecule has 0 aromatic carbocycles. The van der Waals surface area contributed by atoms with Gasteiger partial charge in [0.2, 0.25) is 0 Å². The molecule has 0 heterocycles. The fourth-order valence-electron chi connectivity index (χ4n) is 3.31. The zero-order valence-electron chi connectivity index (χ0n) is 8.21. The van der Waals surface area contributed by atoms with Crippen molar-refractivity contribution in [1.82, 2.24) is 0 Å². The fourth-order valence-corrected chi connectivity index (χ4v) is 3.31. The molecule has 1 nitrogen and oxygen atoms in total. The van der Waals surface area contributed by atoms with Gasteiger partial charge in [0.1, 0.15) is 5.78 Å². The summed E-state index contributed by atoms with van der Waals surface area (Å²) in [6.07, 6.45) is 2.46. The highest BCUT2D eigenvalue weighted by molar-refractivity contribution is 5.85. The molecule has 3 aliphatic rings. The van der Waals surface area contributed by atoms with Crippen LogP contribution in [0, 0.1) is 29.6 Å². The Morgan fingerprint density at radius 1 is 1.08 bits per heavy atom. The maximum absolute atomic E-state index is 11.7. The highest BCUT2D eigenvalue weighted by atomic mass is 16.1. The first-order chi connectivity index (χ1) is 5.63. The van der Waals surface area contributed by atoms with E-state index in [1.165, 1.54) is 12.8 Å². The number of Topliss-reactive ketones (excluding diaryl/α,β-unsaturated/α-hetero) is 1. The lowest BCUT2D eigenvalue weighted by atomic mass is 9.55. The third-order valence-corrected chi connectivity index (χ3v) is 4.41. The lowest BCUT2D eigenvalue weighted by Crippen LogP contribution is -2.48. The van der Waals surface area contributed by atoms with E-state index in [0.717, 1.165) is 5.92 Å². The van der Waals surface area contributed by atoms with E-state index in [1.807, 2.05) is 0 Å². The summed E-state index contributed by atoms with van der Waals surface area (Å²) in [6, 6.07) is 0. The van der Waals surface area contributed by atoms with Gasteiger partial charge in [0.15, 0.2) is 0 Å². The van der Waals surface area contributed by atoms with E-state index in [-0.39, 0.29) is 0 Å². The molecule has 0 aromatic heterocycles. The number of ketones is 1. The van der Waals surface area contributed by atoms with Crippen LogP contribution in [0.4, 0.5) is 0 Å². The van der Waals surface area contributed by atoms with E-state index >= 15 is 0 Å². The molecule has 3 saturated carbocycles.